The molecule has 3 aromatic rings. The van der Waals surface area contributed by atoms with Crippen LogP contribution in [0.1, 0.15) is 10.7 Å². The Hall–Kier alpha value is -2.58. The van der Waals surface area contributed by atoms with Gasteiger partial charge in [0.1, 0.15) is 23.0 Å². The average molecular weight is 389 g/mol. The van der Waals surface area contributed by atoms with Crippen LogP contribution >= 0.6 is 11.3 Å². The highest BCUT2D eigenvalue weighted by Crippen LogP contribution is 2.35. The van der Waals surface area contributed by atoms with Crippen LogP contribution in [0.4, 0.5) is 4.39 Å². The van der Waals surface area contributed by atoms with Gasteiger partial charge in [-0.1, -0.05) is 12.1 Å². The molecule has 0 bridgehead atoms. The zero-order valence-corrected chi connectivity index (χ0v) is 16.2. The molecule has 0 spiro atoms. The van der Waals surface area contributed by atoms with Crippen LogP contribution in [0.15, 0.2) is 29.1 Å². The number of amides is 1. The number of methoxy groups -OCH3 is 1. The first-order valence-corrected chi connectivity index (χ1v) is 9.26. The van der Waals surface area contributed by atoms with Crippen LogP contribution < -0.4 is 10.9 Å². The summed E-state index contributed by atoms with van der Waals surface area (Å²) in [5.41, 5.74) is 1.21. The first-order chi connectivity index (χ1) is 12.9. The second-order valence-corrected chi connectivity index (χ2v) is 7.32. The molecule has 1 aromatic carbocycles. The Bertz CT molecular complexity index is 1040. The molecule has 6 nitrogen and oxygen atoms in total. The van der Waals surface area contributed by atoms with Gasteiger partial charge in [-0.25, -0.2) is 9.37 Å². The number of aromatic nitrogens is 2. The zero-order chi connectivity index (χ0) is 19.6. The van der Waals surface area contributed by atoms with Gasteiger partial charge < -0.3 is 10.1 Å². The number of nitrogens with one attached hydrogen (secondary N) is 1. The first-order valence-electron chi connectivity index (χ1n) is 8.44. The van der Waals surface area contributed by atoms with Gasteiger partial charge in [0.15, 0.2) is 0 Å². The van der Waals surface area contributed by atoms with Crippen LogP contribution in [0.3, 0.4) is 0 Å². The molecule has 2 aromatic heterocycles. The third-order valence-electron chi connectivity index (χ3n) is 4.24. The van der Waals surface area contributed by atoms with Crippen molar-refractivity contribution in [3.63, 3.8) is 0 Å². The lowest BCUT2D eigenvalue weighted by Gasteiger charge is -2.10. The molecule has 0 unspecified atom stereocenters. The molecule has 1 amide bonds. The average Bonchev–Trinajstić information content (AvgIpc) is 2.95. The fraction of sp³-hybridized carbons (Fsp3) is 0.316. The highest BCUT2D eigenvalue weighted by molar-refractivity contribution is 7.19. The topological polar surface area (TPSA) is 73.2 Å². The van der Waals surface area contributed by atoms with Crippen molar-refractivity contribution in [1.82, 2.24) is 14.9 Å². The fourth-order valence-corrected chi connectivity index (χ4v) is 4.02. The van der Waals surface area contributed by atoms with E-state index in [1.807, 2.05) is 6.92 Å². The molecular formula is C19H20FN3O3S. The molecule has 0 aliphatic carbocycles. The summed E-state index contributed by atoms with van der Waals surface area (Å²) in [6.45, 7) is 4.26. The third kappa shape index (κ3) is 3.91. The summed E-state index contributed by atoms with van der Waals surface area (Å²) in [5.74, 6) is -0.148. The second kappa shape index (κ2) is 7.98. The summed E-state index contributed by atoms with van der Waals surface area (Å²) in [6, 6.07) is 6.01. The van der Waals surface area contributed by atoms with Gasteiger partial charge in [-0.15, -0.1) is 11.3 Å². The van der Waals surface area contributed by atoms with Crippen molar-refractivity contribution in [2.24, 2.45) is 0 Å². The van der Waals surface area contributed by atoms with Gasteiger partial charge >= 0.3 is 0 Å². The number of hydrogen-bond acceptors (Lipinski definition) is 5. The van der Waals surface area contributed by atoms with Crippen LogP contribution in [0.25, 0.3) is 21.3 Å². The minimum Gasteiger partial charge on any atom is -0.383 e. The van der Waals surface area contributed by atoms with Crippen LogP contribution in [-0.4, -0.2) is 35.7 Å². The summed E-state index contributed by atoms with van der Waals surface area (Å²) in [5, 5.41) is 3.16. The Morgan fingerprint density at radius 1 is 1.30 bits per heavy atom. The predicted molar refractivity (Wildman–Crippen MR) is 104 cm³/mol. The van der Waals surface area contributed by atoms with Crippen molar-refractivity contribution in [1.29, 1.82) is 0 Å². The summed E-state index contributed by atoms with van der Waals surface area (Å²) < 4.78 is 19.5. The van der Waals surface area contributed by atoms with Gasteiger partial charge in [0.2, 0.25) is 5.91 Å². The number of aryl methyl sites for hydroxylation is 2. The first kappa shape index (κ1) is 19.2. The largest absolute Gasteiger partial charge is 0.383 e. The molecule has 0 saturated carbocycles. The molecular weight excluding hydrogens is 369 g/mol. The minimum absolute atomic E-state index is 0.116. The van der Waals surface area contributed by atoms with E-state index in [1.54, 1.807) is 26.2 Å². The molecule has 8 heteroatoms. The van der Waals surface area contributed by atoms with E-state index in [9.17, 15) is 14.0 Å². The van der Waals surface area contributed by atoms with Gasteiger partial charge in [-0.2, -0.15) is 0 Å². The monoisotopic (exact) mass is 389 g/mol. The van der Waals surface area contributed by atoms with Crippen LogP contribution in [0, 0.1) is 19.7 Å². The molecule has 0 saturated heterocycles. The highest BCUT2D eigenvalue weighted by atomic mass is 32.1. The summed E-state index contributed by atoms with van der Waals surface area (Å²) in [6.07, 6.45) is 0. The molecule has 0 fully saturated rings. The minimum atomic E-state index is -0.338. The lowest BCUT2D eigenvalue weighted by Crippen LogP contribution is -2.35. The molecule has 0 radical (unpaired) electrons. The van der Waals surface area contributed by atoms with Crippen molar-refractivity contribution in [3.8, 4) is 11.1 Å². The van der Waals surface area contributed by atoms with E-state index in [2.05, 4.69) is 10.3 Å². The van der Waals surface area contributed by atoms with E-state index in [4.69, 9.17) is 4.74 Å². The fourth-order valence-electron chi connectivity index (χ4n) is 2.94. The Balaban J connectivity index is 2.07. The number of carbonyl (C=O) groups excluding carboxylic acids is 1. The molecule has 2 heterocycles. The van der Waals surface area contributed by atoms with Crippen molar-refractivity contribution in [2.75, 3.05) is 20.3 Å². The summed E-state index contributed by atoms with van der Waals surface area (Å²) in [7, 11) is 1.55. The smallest absolute Gasteiger partial charge is 0.263 e. The molecule has 0 atom stereocenters. The molecule has 27 heavy (non-hydrogen) atoms. The van der Waals surface area contributed by atoms with Crippen LogP contribution in [0.5, 0.6) is 0 Å². The normalized spacial score (nSPS) is 11.1. The van der Waals surface area contributed by atoms with Gasteiger partial charge in [0.25, 0.3) is 5.56 Å². The summed E-state index contributed by atoms with van der Waals surface area (Å²) in [4.78, 5) is 31.3. The maximum Gasteiger partial charge on any atom is 0.263 e. The number of ether oxygens (including phenoxy) is 1. The van der Waals surface area contributed by atoms with Crippen molar-refractivity contribution >= 4 is 27.5 Å². The molecule has 3 rings (SSSR count). The number of fused-ring (bicyclic) bond motifs is 1. The molecule has 0 aliphatic heterocycles. The Morgan fingerprint density at radius 3 is 2.67 bits per heavy atom. The van der Waals surface area contributed by atoms with Gasteiger partial charge in [-0.3, -0.25) is 14.2 Å². The van der Waals surface area contributed by atoms with Gasteiger partial charge in [0, 0.05) is 24.1 Å². The van der Waals surface area contributed by atoms with Crippen molar-refractivity contribution < 1.29 is 13.9 Å². The molecule has 0 aliphatic rings. The number of nitrogens with zero attached hydrogens (tertiary/aromatic N) is 2. The van der Waals surface area contributed by atoms with E-state index in [1.165, 1.54) is 28.0 Å². The number of benzene rings is 1. The number of hydrogen-bond donors (Lipinski definition) is 1. The number of carbonyl (C=O) groups is 1. The Kier molecular flexibility index (Phi) is 5.67. The number of rotatable bonds is 6. The SMILES string of the molecule is COCCNC(=O)Cn1c(C)nc2sc(C)c(-c3ccc(F)cc3)c2c1=O. The van der Waals surface area contributed by atoms with Crippen molar-refractivity contribution in [2.45, 2.75) is 20.4 Å². The van der Waals surface area contributed by atoms with Gasteiger partial charge in [0.05, 0.1) is 12.0 Å². The highest BCUT2D eigenvalue weighted by Gasteiger charge is 2.19. The Labute approximate surface area is 159 Å². The van der Waals surface area contributed by atoms with E-state index in [-0.39, 0.29) is 23.8 Å². The number of halogens is 1. The van der Waals surface area contributed by atoms with Gasteiger partial charge in [-0.05, 0) is 31.5 Å². The number of thiophene rings is 1. The lowest BCUT2D eigenvalue weighted by molar-refractivity contribution is -0.121. The predicted octanol–water partition coefficient (Wildman–Crippen LogP) is 2.64. The lowest BCUT2D eigenvalue weighted by atomic mass is 10.0. The summed E-state index contributed by atoms with van der Waals surface area (Å²) >= 11 is 1.42. The third-order valence-corrected chi connectivity index (χ3v) is 5.24. The van der Waals surface area contributed by atoms with Crippen LogP contribution in [-0.2, 0) is 16.1 Å². The van der Waals surface area contributed by atoms with Crippen LogP contribution in [0.2, 0.25) is 0 Å². The maximum atomic E-state index is 13.3. The Morgan fingerprint density at radius 2 is 2.00 bits per heavy atom. The van der Waals surface area contributed by atoms with E-state index in [0.717, 1.165) is 16.0 Å². The van der Waals surface area contributed by atoms with E-state index < -0.39 is 0 Å². The standard InChI is InChI=1S/C19H20FN3O3S/c1-11-16(13-4-6-14(20)7-5-13)17-18(27-11)22-12(2)23(19(17)25)10-15(24)21-8-9-26-3/h4-7H,8-10H2,1-3H3,(H,21,24). The molecule has 142 valence electrons. The molecule has 1 N–H and O–H groups in total. The van der Waals surface area contributed by atoms with E-state index in [0.29, 0.717) is 29.2 Å². The second-order valence-electron chi connectivity index (χ2n) is 6.11. The maximum absolute atomic E-state index is 13.3. The quantitative estimate of drug-likeness (QED) is 0.658. The van der Waals surface area contributed by atoms with E-state index >= 15 is 0 Å². The zero-order valence-electron chi connectivity index (χ0n) is 15.3. The van der Waals surface area contributed by atoms with Crippen molar-refractivity contribution in [3.05, 3.63) is 51.1 Å².